The van der Waals surface area contributed by atoms with E-state index in [1.165, 1.54) is 23.8 Å². The second-order valence-electron chi connectivity index (χ2n) is 7.00. The van der Waals surface area contributed by atoms with E-state index in [1.54, 1.807) is 30.6 Å². The first-order valence-electron chi connectivity index (χ1n) is 9.39. The Morgan fingerprint density at radius 2 is 2.21 bits per heavy atom. The minimum atomic E-state index is -0.594. The molecule has 0 unspecified atom stereocenters. The van der Waals surface area contributed by atoms with Crippen LogP contribution in [-0.4, -0.2) is 39.8 Å². The lowest BCUT2D eigenvalue weighted by molar-refractivity contribution is 0.130. The molecule has 1 amide bonds. The number of carbonyl (C=O) groups is 1. The largest absolute Gasteiger partial charge is 0.447 e. The number of ether oxygens (including phenoxy) is 2. The molecule has 0 atom stereocenters. The van der Waals surface area contributed by atoms with Crippen LogP contribution in [0.1, 0.15) is 25.8 Å². The number of carbonyl (C=O) groups excluding carboxylic acids is 1. The van der Waals surface area contributed by atoms with Gasteiger partial charge < -0.3 is 9.47 Å². The van der Waals surface area contributed by atoms with Gasteiger partial charge in [-0.3, -0.25) is 9.72 Å². The highest BCUT2D eigenvalue weighted by Crippen LogP contribution is 2.27. The number of imidazole rings is 1. The average molecular weight is 396 g/mol. The van der Waals surface area contributed by atoms with Gasteiger partial charge in [-0.15, -0.1) is 0 Å². The van der Waals surface area contributed by atoms with E-state index in [-0.39, 0.29) is 11.7 Å². The minimum Gasteiger partial charge on any atom is -0.447 e. The number of anilines is 1. The van der Waals surface area contributed by atoms with E-state index in [0.29, 0.717) is 30.4 Å². The molecule has 29 heavy (non-hydrogen) atoms. The molecule has 0 bridgehead atoms. The molecular weight excluding hydrogens is 375 g/mol. The standard InChI is InChI=1S/C21H21FN4O3/c1-13(2)29-21(27)24-16-3-4-18(22)17(9-16)19-12-26-11-15(10-23-20(26)25-19)14-5-7-28-8-6-14/h3-5,9-13H,6-8H2,1-2H3,(H,24,27). The number of fused-ring (bicyclic) bond motifs is 1. The van der Waals surface area contributed by atoms with Crippen LogP contribution in [0.4, 0.5) is 14.9 Å². The van der Waals surface area contributed by atoms with Crippen LogP contribution in [0.3, 0.4) is 0 Å². The lowest BCUT2D eigenvalue weighted by Crippen LogP contribution is -2.18. The van der Waals surface area contributed by atoms with Gasteiger partial charge in [-0.05, 0) is 44.0 Å². The van der Waals surface area contributed by atoms with Crippen LogP contribution in [0, 0.1) is 5.82 Å². The molecule has 8 heteroatoms. The van der Waals surface area contributed by atoms with Crippen LogP contribution in [0.15, 0.2) is 42.9 Å². The van der Waals surface area contributed by atoms with Gasteiger partial charge in [0.2, 0.25) is 5.78 Å². The molecular formula is C21H21FN4O3. The molecule has 0 saturated carbocycles. The predicted molar refractivity (Wildman–Crippen MR) is 107 cm³/mol. The van der Waals surface area contributed by atoms with Gasteiger partial charge in [0, 0.05) is 35.4 Å². The topological polar surface area (TPSA) is 77.8 Å². The highest BCUT2D eigenvalue weighted by atomic mass is 19.1. The first kappa shape index (κ1) is 19.1. The molecule has 0 aliphatic carbocycles. The number of aromatic nitrogens is 3. The van der Waals surface area contributed by atoms with E-state index in [0.717, 1.165) is 12.0 Å². The van der Waals surface area contributed by atoms with Crippen molar-refractivity contribution >= 4 is 23.1 Å². The van der Waals surface area contributed by atoms with Crippen molar-refractivity contribution in [3.63, 3.8) is 0 Å². The maximum absolute atomic E-state index is 14.5. The van der Waals surface area contributed by atoms with Crippen molar-refractivity contribution in [1.82, 2.24) is 14.4 Å². The second kappa shape index (κ2) is 8.00. The number of nitrogens with one attached hydrogen (secondary N) is 1. The molecule has 150 valence electrons. The number of benzene rings is 1. The van der Waals surface area contributed by atoms with Gasteiger partial charge in [0.15, 0.2) is 0 Å². The van der Waals surface area contributed by atoms with Crippen molar-refractivity contribution < 1.29 is 18.7 Å². The van der Waals surface area contributed by atoms with Crippen LogP contribution in [0.2, 0.25) is 0 Å². The predicted octanol–water partition coefficient (Wildman–Crippen LogP) is 4.30. The van der Waals surface area contributed by atoms with E-state index >= 15 is 0 Å². The lowest BCUT2D eigenvalue weighted by atomic mass is 10.1. The molecule has 7 nitrogen and oxygen atoms in total. The van der Waals surface area contributed by atoms with Crippen LogP contribution >= 0.6 is 0 Å². The van der Waals surface area contributed by atoms with Gasteiger partial charge in [-0.1, -0.05) is 6.08 Å². The molecule has 1 N–H and O–H groups in total. The Hall–Kier alpha value is -3.26. The first-order valence-corrected chi connectivity index (χ1v) is 9.39. The number of amides is 1. The van der Waals surface area contributed by atoms with Crippen LogP contribution in [0.5, 0.6) is 0 Å². The van der Waals surface area contributed by atoms with E-state index in [2.05, 4.69) is 15.3 Å². The summed E-state index contributed by atoms with van der Waals surface area (Å²) < 4.78 is 26.6. The van der Waals surface area contributed by atoms with Crippen molar-refractivity contribution in [2.24, 2.45) is 0 Å². The molecule has 1 aromatic carbocycles. The Bertz CT molecular complexity index is 1090. The summed E-state index contributed by atoms with van der Waals surface area (Å²) in [7, 11) is 0. The summed E-state index contributed by atoms with van der Waals surface area (Å²) in [5.41, 5.74) is 3.27. The summed E-state index contributed by atoms with van der Waals surface area (Å²) in [5.74, 6) is 0.0249. The third-order valence-corrected chi connectivity index (χ3v) is 4.48. The van der Waals surface area contributed by atoms with Gasteiger partial charge in [-0.25, -0.2) is 19.2 Å². The normalized spacial score (nSPS) is 14.1. The highest BCUT2D eigenvalue weighted by molar-refractivity contribution is 5.86. The summed E-state index contributed by atoms with van der Waals surface area (Å²) in [5, 5.41) is 2.60. The Morgan fingerprint density at radius 3 is 2.97 bits per heavy atom. The van der Waals surface area contributed by atoms with Crippen molar-refractivity contribution in [2.45, 2.75) is 26.4 Å². The molecule has 2 aromatic heterocycles. The van der Waals surface area contributed by atoms with Crippen molar-refractivity contribution in [3.05, 3.63) is 54.2 Å². The van der Waals surface area contributed by atoms with Crippen LogP contribution < -0.4 is 5.32 Å². The zero-order valence-electron chi connectivity index (χ0n) is 16.2. The maximum atomic E-state index is 14.5. The summed E-state index contributed by atoms with van der Waals surface area (Å²) in [6.45, 7) is 4.78. The minimum absolute atomic E-state index is 0.250. The molecule has 0 saturated heterocycles. The van der Waals surface area contributed by atoms with Gasteiger partial charge in [-0.2, -0.15) is 0 Å². The van der Waals surface area contributed by atoms with Gasteiger partial charge in [0.05, 0.1) is 25.0 Å². The molecule has 3 aromatic rings. The molecule has 1 aliphatic heterocycles. The monoisotopic (exact) mass is 396 g/mol. The SMILES string of the molecule is CC(C)OC(=O)Nc1ccc(F)c(-c2cn3cc(C4=CCOCC4)cnc3n2)c1. The lowest BCUT2D eigenvalue weighted by Gasteiger charge is -2.13. The maximum Gasteiger partial charge on any atom is 0.411 e. The number of nitrogens with zero attached hydrogens (tertiary/aromatic N) is 3. The summed E-state index contributed by atoms with van der Waals surface area (Å²) >= 11 is 0. The Morgan fingerprint density at radius 1 is 1.34 bits per heavy atom. The smallest absolute Gasteiger partial charge is 0.411 e. The first-order chi connectivity index (χ1) is 14.0. The quantitative estimate of drug-likeness (QED) is 0.712. The molecule has 1 aliphatic rings. The Balaban J connectivity index is 1.64. The third-order valence-electron chi connectivity index (χ3n) is 4.48. The Labute approximate surface area is 167 Å². The molecule has 0 spiro atoms. The Kier molecular flexibility index (Phi) is 5.26. The second-order valence-corrected chi connectivity index (χ2v) is 7.00. The van der Waals surface area contributed by atoms with Crippen LogP contribution in [-0.2, 0) is 9.47 Å². The van der Waals surface area contributed by atoms with Crippen molar-refractivity contribution in [3.8, 4) is 11.3 Å². The summed E-state index contributed by atoms with van der Waals surface area (Å²) in [6, 6.07) is 4.29. The fraction of sp³-hybridized carbons (Fsp3) is 0.286. The number of hydrogen-bond donors (Lipinski definition) is 1. The van der Waals surface area contributed by atoms with E-state index < -0.39 is 11.9 Å². The fourth-order valence-electron chi connectivity index (χ4n) is 3.13. The average Bonchev–Trinajstić information content (AvgIpc) is 3.12. The van der Waals surface area contributed by atoms with E-state index in [1.807, 2.05) is 12.3 Å². The number of rotatable bonds is 4. The van der Waals surface area contributed by atoms with Gasteiger partial charge in [0.1, 0.15) is 5.82 Å². The molecule has 0 radical (unpaired) electrons. The number of halogens is 1. The fourth-order valence-corrected chi connectivity index (χ4v) is 3.13. The molecule has 3 heterocycles. The highest BCUT2D eigenvalue weighted by Gasteiger charge is 2.14. The summed E-state index contributed by atoms with van der Waals surface area (Å²) in [4.78, 5) is 20.6. The summed E-state index contributed by atoms with van der Waals surface area (Å²) in [6.07, 6.45) is 7.43. The zero-order chi connectivity index (χ0) is 20.4. The van der Waals surface area contributed by atoms with E-state index in [4.69, 9.17) is 9.47 Å². The molecule has 4 rings (SSSR count). The number of hydrogen-bond acceptors (Lipinski definition) is 5. The van der Waals surface area contributed by atoms with Crippen molar-refractivity contribution in [2.75, 3.05) is 18.5 Å². The van der Waals surface area contributed by atoms with Crippen molar-refractivity contribution in [1.29, 1.82) is 0 Å². The van der Waals surface area contributed by atoms with Crippen LogP contribution in [0.25, 0.3) is 22.6 Å². The van der Waals surface area contributed by atoms with E-state index in [9.17, 15) is 9.18 Å². The van der Waals surface area contributed by atoms with Gasteiger partial charge in [0.25, 0.3) is 0 Å². The zero-order valence-corrected chi connectivity index (χ0v) is 16.2. The van der Waals surface area contributed by atoms with Gasteiger partial charge >= 0.3 is 6.09 Å². The third kappa shape index (κ3) is 4.27. The molecule has 0 fully saturated rings.